The van der Waals surface area contributed by atoms with Gasteiger partial charge in [0.25, 0.3) is 0 Å². The number of ether oxygens (including phenoxy) is 1. The van der Waals surface area contributed by atoms with Gasteiger partial charge in [0.2, 0.25) is 0 Å². The van der Waals surface area contributed by atoms with Gasteiger partial charge >= 0.3 is 0 Å². The van der Waals surface area contributed by atoms with Crippen LogP contribution in [0.25, 0.3) is 0 Å². The predicted octanol–water partition coefficient (Wildman–Crippen LogP) is 4.33. The number of halogens is 3. The van der Waals surface area contributed by atoms with Crippen molar-refractivity contribution in [2.24, 2.45) is 5.73 Å². The SMILES string of the molecule is C[C@@H](N)c1cc(F)ccc1OCc1ccc(Br)cc1F. The van der Waals surface area contributed by atoms with E-state index in [1.165, 1.54) is 24.3 Å². The zero-order valence-electron chi connectivity index (χ0n) is 10.9. The summed E-state index contributed by atoms with van der Waals surface area (Å²) in [7, 11) is 0. The van der Waals surface area contributed by atoms with Crippen molar-refractivity contribution in [3.63, 3.8) is 0 Å². The van der Waals surface area contributed by atoms with E-state index < -0.39 is 0 Å². The minimum absolute atomic E-state index is 0.0600. The molecule has 0 aliphatic carbocycles. The Morgan fingerprint density at radius 2 is 1.95 bits per heavy atom. The maximum atomic E-state index is 13.7. The van der Waals surface area contributed by atoms with Crippen molar-refractivity contribution in [1.82, 2.24) is 0 Å². The molecule has 1 atom stereocenters. The first-order chi connectivity index (χ1) is 9.47. The van der Waals surface area contributed by atoms with Crippen LogP contribution in [-0.4, -0.2) is 0 Å². The van der Waals surface area contributed by atoms with Gasteiger partial charge in [-0.3, -0.25) is 0 Å². The molecule has 2 rings (SSSR count). The molecule has 0 aliphatic heterocycles. The predicted molar refractivity (Wildman–Crippen MR) is 77.4 cm³/mol. The smallest absolute Gasteiger partial charge is 0.130 e. The molecule has 20 heavy (non-hydrogen) atoms. The van der Waals surface area contributed by atoms with Crippen molar-refractivity contribution in [2.75, 3.05) is 0 Å². The van der Waals surface area contributed by atoms with Crippen molar-refractivity contribution < 1.29 is 13.5 Å². The highest BCUT2D eigenvalue weighted by molar-refractivity contribution is 9.10. The van der Waals surface area contributed by atoms with Gasteiger partial charge in [-0.1, -0.05) is 22.0 Å². The van der Waals surface area contributed by atoms with E-state index in [2.05, 4.69) is 15.9 Å². The fourth-order valence-corrected chi connectivity index (χ4v) is 2.13. The average Bonchev–Trinajstić information content (AvgIpc) is 2.38. The summed E-state index contributed by atoms with van der Waals surface area (Å²) < 4.78 is 33.1. The number of hydrogen-bond donors (Lipinski definition) is 1. The fraction of sp³-hybridized carbons (Fsp3) is 0.200. The van der Waals surface area contributed by atoms with Crippen molar-refractivity contribution in [1.29, 1.82) is 0 Å². The molecular formula is C15H14BrF2NO. The minimum Gasteiger partial charge on any atom is -0.488 e. The fourth-order valence-electron chi connectivity index (χ4n) is 1.80. The second kappa shape index (κ2) is 6.33. The van der Waals surface area contributed by atoms with Gasteiger partial charge in [0, 0.05) is 21.6 Å². The van der Waals surface area contributed by atoms with Crippen LogP contribution in [0.5, 0.6) is 5.75 Å². The molecule has 0 saturated heterocycles. The molecule has 0 unspecified atom stereocenters. The molecule has 0 heterocycles. The van der Waals surface area contributed by atoms with Crippen LogP contribution in [0.15, 0.2) is 40.9 Å². The standard InChI is InChI=1S/C15H14BrF2NO/c1-9(19)13-7-12(17)4-5-15(13)20-8-10-2-3-11(16)6-14(10)18/h2-7,9H,8,19H2,1H3/t9-/m1/s1. The van der Waals surface area contributed by atoms with E-state index in [0.29, 0.717) is 21.3 Å². The summed E-state index contributed by atoms with van der Waals surface area (Å²) in [6.45, 7) is 1.80. The Kier molecular flexibility index (Phi) is 4.73. The Hall–Kier alpha value is -1.46. The monoisotopic (exact) mass is 341 g/mol. The summed E-state index contributed by atoms with van der Waals surface area (Å²) in [5.41, 5.74) is 6.76. The van der Waals surface area contributed by atoms with Gasteiger partial charge in [-0.2, -0.15) is 0 Å². The van der Waals surface area contributed by atoms with E-state index in [1.807, 2.05) is 0 Å². The Morgan fingerprint density at radius 1 is 1.20 bits per heavy atom. The molecule has 0 amide bonds. The largest absolute Gasteiger partial charge is 0.488 e. The summed E-state index contributed by atoms with van der Waals surface area (Å²) >= 11 is 3.19. The van der Waals surface area contributed by atoms with E-state index >= 15 is 0 Å². The number of hydrogen-bond acceptors (Lipinski definition) is 2. The molecule has 5 heteroatoms. The molecule has 2 N–H and O–H groups in total. The summed E-state index contributed by atoms with van der Waals surface area (Å²) in [5, 5.41) is 0. The molecule has 0 aliphatic rings. The van der Waals surface area contributed by atoms with Crippen molar-refractivity contribution in [2.45, 2.75) is 19.6 Å². The number of rotatable bonds is 4. The first kappa shape index (κ1) is 14.9. The molecule has 0 spiro atoms. The molecule has 0 saturated carbocycles. The van der Waals surface area contributed by atoms with Gasteiger partial charge in [0.1, 0.15) is 24.0 Å². The lowest BCUT2D eigenvalue weighted by atomic mass is 10.1. The summed E-state index contributed by atoms with van der Waals surface area (Å²) in [5.74, 6) is -0.271. The molecule has 0 radical (unpaired) electrons. The lowest BCUT2D eigenvalue weighted by molar-refractivity contribution is 0.294. The van der Waals surface area contributed by atoms with Gasteiger partial charge < -0.3 is 10.5 Å². The maximum Gasteiger partial charge on any atom is 0.130 e. The van der Waals surface area contributed by atoms with E-state index in [0.717, 1.165) is 0 Å². The normalized spacial score (nSPS) is 12.2. The summed E-state index contributed by atoms with van der Waals surface area (Å²) in [4.78, 5) is 0. The number of nitrogens with two attached hydrogens (primary N) is 1. The van der Waals surface area contributed by atoms with Crippen LogP contribution in [0.3, 0.4) is 0 Å². The molecule has 0 fully saturated rings. The molecule has 2 aromatic carbocycles. The zero-order valence-corrected chi connectivity index (χ0v) is 12.5. The molecule has 106 valence electrons. The van der Waals surface area contributed by atoms with Crippen molar-refractivity contribution in [3.05, 3.63) is 63.6 Å². The van der Waals surface area contributed by atoms with Crippen molar-refractivity contribution >= 4 is 15.9 Å². The van der Waals surface area contributed by atoms with E-state index in [4.69, 9.17) is 10.5 Å². The summed E-state index contributed by atoms with van der Waals surface area (Å²) in [6.07, 6.45) is 0. The van der Waals surface area contributed by atoms with E-state index in [1.54, 1.807) is 19.1 Å². The minimum atomic E-state index is -0.375. The van der Waals surface area contributed by atoms with Gasteiger partial charge in [-0.05, 0) is 37.3 Å². The molecule has 2 aromatic rings. The van der Waals surface area contributed by atoms with Crippen LogP contribution in [0, 0.1) is 11.6 Å². The molecule has 2 nitrogen and oxygen atoms in total. The second-order valence-corrected chi connectivity index (χ2v) is 5.41. The third kappa shape index (κ3) is 3.55. The van der Waals surface area contributed by atoms with Crippen LogP contribution in [0.2, 0.25) is 0 Å². The maximum absolute atomic E-state index is 13.7. The highest BCUT2D eigenvalue weighted by Crippen LogP contribution is 2.26. The third-order valence-corrected chi connectivity index (χ3v) is 3.35. The van der Waals surface area contributed by atoms with Gasteiger partial charge in [0.15, 0.2) is 0 Å². The highest BCUT2D eigenvalue weighted by Gasteiger charge is 2.11. The quantitative estimate of drug-likeness (QED) is 0.898. The van der Waals surface area contributed by atoms with Gasteiger partial charge in [-0.25, -0.2) is 8.78 Å². The lowest BCUT2D eigenvalue weighted by Crippen LogP contribution is -2.09. The zero-order chi connectivity index (χ0) is 14.7. The Morgan fingerprint density at radius 3 is 2.60 bits per heavy atom. The molecular weight excluding hydrogens is 328 g/mol. The van der Waals surface area contributed by atoms with Crippen molar-refractivity contribution in [3.8, 4) is 5.75 Å². The third-order valence-electron chi connectivity index (χ3n) is 2.86. The van der Waals surface area contributed by atoms with E-state index in [-0.39, 0.29) is 24.3 Å². The number of benzene rings is 2. The van der Waals surface area contributed by atoms with Crippen LogP contribution in [0.1, 0.15) is 24.1 Å². The van der Waals surface area contributed by atoms with Gasteiger partial charge in [0.05, 0.1) is 0 Å². The molecule has 0 bridgehead atoms. The average molecular weight is 342 g/mol. The molecule has 0 aromatic heterocycles. The first-order valence-corrected chi connectivity index (χ1v) is 6.88. The first-order valence-electron chi connectivity index (χ1n) is 6.09. The van der Waals surface area contributed by atoms with Crippen LogP contribution >= 0.6 is 15.9 Å². The van der Waals surface area contributed by atoms with Gasteiger partial charge in [-0.15, -0.1) is 0 Å². The lowest BCUT2D eigenvalue weighted by Gasteiger charge is -2.14. The second-order valence-electron chi connectivity index (χ2n) is 4.50. The van der Waals surface area contributed by atoms with Crippen LogP contribution in [0.4, 0.5) is 8.78 Å². The van der Waals surface area contributed by atoms with Crippen LogP contribution in [-0.2, 0) is 6.61 Å². The highest BCUT2D eigenvalue weighted by atomic mass is 79.9. The Labute approximate surface area is 124 Å². The Bertz CT molecular complexity index is 617. The van der Waals surface area contributed by atoms with Crippen LogP contribution < -0.4 is 10.5 Å². The summed E-state index contributed by atoms with van der Waals surface area (Å²) in [6, 6.07) is 8.50. The Balaban J connectivity index is 2.18. The van der Waals surface area contributed by atoms with E-state index in [9.17, 15) is 8.78 Å². The topological polar surface area (TPSA) is 35.2 Å².